The SMILES string of the molecule is CN1CCC(c2ccccc2F)c2ccc(C#Cc3ccccn3)cc2C1. The van der Waals surface area contributed by atoms with E-state index in [9.17, 15) is 4.39 Å². The number of nitrogens with zero attached hydrogens (tertiary/aromatic N) is 2. The Bertz CT molecular complexity index is 1000. The van der Waals surface area contributed by atoms with Gasteiger partial charge in [0.05, 0.1) is 0 Å². The quantitative estimate of drug-likeness (QED) is 0.593. The molecule has 0 bridgehead atoms. The lowest BCUT2D eigenvalue weighted by molar-refractivity contribution is 0.327. The van der Waals surface area contributed by atoms with E-state index in [1.54, 1.807) is 18.3 Å². The van der Waals surface area contributed by atoms with Crippen LogP contribution in [0.15, 0.2) is 66.9 Å². The lowest BCUT2D eigenvalue weighted by Crippen LogP contribution is -2.17. The zero-order valence-corrected chi connectivity index (χ0v) is 15.3. The van der Waals surface area contributed by atoms with Crippen LogP contribution in [0.5, 0.6) is 0 Å². The molecule has 4 rings (SSSR count). The summed E-state index contributed by atoms with van der Waals surface area (Å²) in [5.41, 5.74) is 4.92. The van der Waals surface area contributed by atoms with Gasteiger partial charge in [0.1, 0.15) is 11.5 Å². The highest BCUT2D eigenvalue weighted by Crippen LogP contribution is 2.35. The van der Waals surface area contributed by atoms with Crippen LogP contribution in [-0.4, -0.2) is 23.5 Å². The summed E-state index contributed by atoms with van der Waals surface area (Å²) in [6, 6.07) is 19.1. The minimum absolute atomic E-state index is 0.0731. The normalized spacial score (nSPS) is 16.7. The molecule has 1 atom stereocenters. The van der Waals surface area contributed by atoms with Gasteiger partial charge in [-0.05, 0) is 73.0 Å². The van der Waals surface area contributed by atoms with Crippen LogP contribution in [-0.2, 0) is 6.54 Å². The van der Waals surface area contributed by atoms with Gasteiger partial charge in [-0.3, -0.25) is 0 Å². The Kier molecular flexibility index (Phi) is 5.00. The van der Waals surface area contributed by atoms with E-state index in [1.807, 2.05) is 36.4 Å². The number of fused-ring (bicyclic) bond motifs is 1. The summed E-state index contributed by atoms with van der Waals surface area (Å²) in [6.07, 6.45) is 2.65. The number of hydrogen-bond donors (Lipinski definition) is 0. The minimum Gasteiger partial charge on any atom is -0.302 e. The Morgan fingerprint density at radius 3 is 2.67 bits per heavy atom. The molecule has 0 fully saturated rings. The molecule has 0 radical (unpaired) electrons. The van der Waals surface area contributed by atoms with Gasteiger partial charge in [0.15, 0.2) is 0 Å². The van der Waals surface area contributed by atoms with Crippen LogP contribution in [0.1, 0.15) is 40.3 Å². The third-order valence-corrected chi connectivity index (χ3v) is 5.04. The number of halogens is 1. The lowest BCUT2D eigenvalue weighted by Gasteiger charge is -2.18. The zero-order valence-electron chi connectivity index (χ0n) is 15.3. The summed E-state index contributed by atoms with van der Waals surface area (Å²) >= 11 is 0. The molecular formula is C24H21FN2. The molecule has 1 aromatic heterocycles. The Morgan fingerprint density at radius 1 is 1.00 bits per heavy atom. The number of pyridine rings is 1. The van der Waals surface area contributed by atoms with Gasteiger partial charge in [-0.1, -0.05) is 36.3 Å². The first-order valence-corrected chi connectivity index (χ1v) is 9.19. The maximum absolute atomic E-state index is 14.4. The average Bonchev–Trinajstić information content (AvgIpc) is 2.85. The van der Waals surface area contributed by atoms with Crippen LogP contribution < -0.4 is 0 Å². The van der Waals surface area contributed by atoms with Crippen molar-refractivity contribution in [2.45, 2.75) is 18.9 Å². The predicted molar refractivity (Wildman–Crippen MR) is 106 cm³/mol. The van der Waals surface area contributed by atoms with Crippen LogP contribution in [0.25, 0.3) is 0 Å². The third kappa shape index (κ3) is 3.92. The number of aromatic nitrogens is 1. The average molecular weight is 356 g/mol. The number of hydrogen-bond acceptors (Lipinski definition) is 2. The summed E-state index contributed by atoms with van der Waals surface area (Å²) in [5, 5.41) is 0. The topological polar surface area (TPSA) is 16.1 Å². The molecule has 1 aliphatic rings. The summed E-state index contributed by atoms with van der Waals surface area (Å²) in [4.78, 5) is 6.53. The van der Waals surface area contributed by atoms with E-state index >= 15 is 0 Å². The fourth-order valence-electron chi connectivity index (χ4n) is 3.69. The van der Waals surface area contributed by atoms with E-state index in [0.29, 0.717) is 0 Å². The molecule has 0 aliphatic carbocycles. The standard InChI is InChI=1S/C24H21FN2/c1-27-15-13-22(23-7-2-3-8-24(23)25)21-12-10-18(16-19(21)17-27)9-11-20-6-4-5-14-26-20/h2-8,10,12,14,16,22H,13,15,17H2,1H3. The van der Waals surface area contributed by atoms with Crippen molar-refractivity contribution in [2.24, 2.45) is 0 Å². The lowest BCUT2D eigenvalue weighted by atomic mass is 9.85. The van der Waals surface area contributed by atoms with Crippen LogP contribution in [0.2, 0.25) is 0 Å². The Morgan fingerprint density at radius 2 is 1.85 bits per heavy atom. The van der Waals surface area contributed by atoms with Crippen molar-refractivity contribution in [3.05, 3.63) is 101 Å². The minimum atomic E-state index is -0.128. The maximum Gasteiger partial charge on any atom is 0.127 e. The molecule has 0 saturated heterocycles. The van der Waals surface area contributed by atoms with Crippen molar-refractivity contribution in [2.75, 3.05) is 13.6 Å². The van der Waals surface area contributed by atoms with Crippen molar-refractivity contribution in [1.29, 1.82) is 0 Å². The molecule has 0 N–H and O–H groups in total. The highest BCUT2D eigenvalue weighted by molar-refractivity contribution is 5.47. The van der Waals surface area contributed by atoms with E-state index in [4.69, 9.17) is 0 Å². The van der Waals surface area contributed by atoms with Gasteiger partial charge < -0.3 is 4.90 Å². The van der Waals surface area contributed by atoms with E-state index < -0.39 is 0 Å². The Labute approximate surface area is 159 Å². The Hall–Kier alpha value is -2.96. The first kappa shape index (κ1) is 17.5. The summed E-state index contributed by atoms with van der Waals surface area (Å²) < 4.78 is 14.4. The highest BCUT2D eigenvalue weighted by atomic mass is 19.1. The van der Waals surface area contributed by atoms with Crippen molar-refractivity contribution < 1.29 is 4.39 Å². The van der Waals surface area contributed by atoms with Gasteiger partial charge in [-0.15, -0.1) is 0 Å². The largest absolute Gasteiger partial charge is 0.302 e. The molecular weight excluding hydrogens is 335 g/mol. The molecule has 134 valence electrons. The highest BCUT2D eigenvalue weighted by Gasteiger charge is 2.24. The molecule has 0 saturated carbocycles. The number of benzene rings is 2. The maximum atomic E-state index is 14.4. The van der Waals surface area contributed by atoms with Gasteiger partial charge >= 0.3 is 0 Å². The second kappa shape index (κ2) is 7.73. The van der Waals surface area contributed by atoms with Gasteiger partial charge in [-0.2, -0.15) is 0 Å². The predicted octanol–water partition coefficient (Wildman–Crippen LogP) is 4.59. The van der Waals surface area contributed by atoms with Crippen LogP contribution in [0, 0.1) is 17.7 Å². The van der Waals surface area contributed by atoms with Crippen LogP contribution in [0.3, 0.4) is 0 Å². The van der Waals surface area contributed by atoms with E-state index in [1.165, 1.54) is 11.1 Å². The first-order valence-electron chi connectivity index (χ1n) is 9.19. The van der Waals surface area contributed by atoms with E-state index in [0.717, 1.165) is 36.3 Å². The fraction of sp³-hybridized carbons (Fsp3) is 0.208. The van der Waals surface area contributed by atoms with Crippen LogP contribution >= 0.6 is 0 Å². The van der Waals surface area contributed by atoms with Crippen molar-refractivity contribution in [3.8, 4) is 11.8 Å². The van der Waals surface area contributed by atoms with Crippen molar-refractivity contribution >= 4 is 0 Å². The molecule has 1 unspecified atom stereocenters. The van der Waals surface area contributed by atoms with Gasteiger partial charge in [-0.25, -0.2) is 9.37 Å². The fourth-order valence-corrected chi connectivity index (χ4v) is 3.69. The second-order valence-electron chi connectivity index (χ2n) is 6.98. The first-order chi connectivity index (χ1) is 13.2. The van der Waals surface area contributed by atoms with Gasteiger partial charge in [0.25, 0.3) is 0 Å². The molecule has 0 amide bonds. The molecule has 1 aliphatic heterocycles. The van der Waals surface area contributed by atoms with E-state index in [-0.39, 0.29) is 11.7 Å². The second-order valence-corrected chi connectivity index (χ2v) is 6.98. The van der Waals surface area contributed by atoms with Crippen molar-refractivity contribution in [1.82, 2.24) is 9.88 Å². The Balaban J connectivity index is 1.72. The third-order valence-electron chi connectivity index (χ3n) is 5.04. The van der Waals surface area contributed by atoms with Crippen LogP contribution in [0.4, 0.5) is 4.39 Å². The molecule has 27 heavy (non-hydrogen) atoms. The molecule has 2 nitrogen and oxygen atoms in total. The molecule has 2 heterocycles. The molecule has 0 spiro atoms. The monoisotopic (exact) mass is 356 g/mol. The number of rotatable bonds is 1. The molecule has 3 aromatic rings. The van der Waals surface area contributed by atoms with Gasteiger partial charge in [0.2, 0.25) is 0 Å². The summed E-state index contributed by atoms with van der Waals surface area (Å²) in [6.45, 7) is 1.78. The molecule has 2 aromatic carbocycles. The molecule has 3 heteroatoms. The smallest absolute Gasteiger partial charge is 0.127 e. The summed E-state index contributed by atoms with van der Waals surface area (Å²) in [7, 11) is 2.11. The van der Waals surface area contributed by atoms with Gasteiger partial charge in [0, 0.05) is 24.2 Å². The van der Waals surface area contributed by atoms with E-state index in [2.05, 4.69) is 40.9 Å². The summed E-state index contributed by atoms with van der Waals surface area (Å²) in [5.74, 6) is 6.26. The van der Waals surface area contributed by atoms with Crippen molar-refractivity contribution in [3.63, 3.8) is 0 Å². The zero-order chi connectivity index (χ0) is 18.6.